The quantitative estimate of drug-likeness (QED) is 0.816. The van der Waals surface area contributed by atoms with Crippen LogP contribution in [0.3, 0.4) is 0 Å². The van der Waals surface area contributed by atoms with Gasteiger partial charge < -0.3 is 10.5 Å². The summed E-state index contributed by atoms with van der Waals surface area (Å²) in [6.07, 6.45) is 11.3. The minimum Gasteiger partial charge on any atom is -0.493 e. The van der Waals surface area contributed by atoms with Gasteiger partial charge in [-0.3, -0.25) is 4.79 Å². The van der Waals surface area contributed by atoms with E-state index in [2.05, 4.69) is 0 Å². The zero-order valence-electron chi connectivity index (χ0n) is 15.3. The second-order valence-electron chi connectivity index (χ2n) is 9.66. The van der Waals surface area contributed by atoms with E-state index in [9.17, 15) is 9.18 Å². The molecule has 0 saturated heterocycles. The van der Waals surface area contributed by atoms with Crippen molar-refractivity contribution in [1.29, 1.82) is 0 Å². The monoisotopic (exact) mass is 357 g/mol. The first kappa shape index (κ1) is 16.6. The van der Waals surface area contributed by atoms with Crippen LogP contribution in [0, 0.1) is 34.9 Å². The van der Waals surface area contributed by atoms with Crippen molar-refractivity contribution in [2.24, 2.45) is 34.8 Å². The molecular formula is C22H28FNO2. The summed E-state index contributed by atoms with van der Waals surface area (Å²) >= 11 is 0. The molecule has 5 fully saturated rings. The van der Waals surface area contributed by atoms with Crippen LogP contribution in [-0.2, 0) is 6.42 Å². The first-order valence-electron chi connectivity index (χ1n) is 10.2. The van der Waals surface area contributed by atoms with E-state index >= 15 is 0 Å². The molecule has 0 aliphatic heterocycles. The summed E-state index contributed by atoms with van der Waals surface area (Å²) in [7, 11) is 0. The van der Waals surface area contributed by atoms with E-state index in [4.69, 9.17) is 10.5 Å². The molecule has 2 N–H and O–H groups in total. The summed E-state index contributed by atoms with van der Waals surface area (Å²) in [4.78, 5) is 11.5. The first-order valence-corrected chi connectivity index (χ1v) is 10.2. The van der Waals surface area contributed by atoms with Crippen LogP contribution in [0.4, 0.5) is 4.39 Å². The number of carbonyl (C=O) groups is 1. The summed E-state index contributed by atoms with van der Waals surface area (Å²) in [5.74, 6) is 2.65. The lowest BCUT2D eigenvalue weighted by Gasteiger charge is -2.56. The molecule has 5 aliphatic rings. The smallest absolute Gasteiger partial charge is 0.251 e. The minimum atomic E-state index is -0.702. The molecule has 6 rings (SSSR count). The van der Waals surface area contributed by atoms with E-state index < -0.39 is 11.7 Å². The maximum Gasteiger partial charge on any atom is 0.251 e. The molecule has 0 spiro atoms. The number of primary amides is 1. The highest BCUT2D eigenvalue weighted by Crippen LogP contribution is 2.60. The van der Waals surface area contributed by atoms with E-state index in [1.807, 2.05) is 0 Å². The molecule has 1 aromatic carbocycles. The van der Waals surface area contributed by atoms with Gasteiger partial charge in [-0.2, -0.15) is 0 Å². The molecule has 0 atom stereocenters. The lowest BCUT2D eigenvalue weighted by Crippen LogP contribution is -2.48. The van der Waals surface area contributed by atoms with Crippen LogP contribution in [0.25, 0.3) is 0 Å². The number of hydrogen-bond donors (Lipinski definition) is 1. The highest BCUT2D eigenvalue weighted by atomic mass is 19.1. The molecule has 1 aromatic rings. The Hall–Kier alpha value is -1.58. The van der Waals surface area contributed by atoms with Gasteiger partial charge in [0, 0.05) is 11.5 Å². The van der Waals surface area contributed by atoms with Crippen LogP contribution in [0.1, 0.15) is 67.3 Å². The molecular weight excluding hydrogens is 329 g/mol. The molecule has 0 unspecified atom stereocenters. The van der Waals surface area contributed by atoms with E-state index in [1.165, 1.54) is 57.4 Å². The van der Waals surface area contributed by atoms with Gasteiger partial charge in [-0.15, -0.1) is 0 Å². The standard InChI is InChI=1S/C22H28FNO2/c23-19-8-20(17(6-13-1-2-13)7-18(19)21(24)25)26-12-22-9-14-3-15(10-22)5-16(4-14)11-22/h7-8,13-16H,1-6,9-12H2,(H2,24,25). The van der Waals surface area contributed by atoms with Crippen LogP contribution in [-0.4, -0.2) is 12.5 Å². The zero-order chi connectivity index (χ0) is 17.9. The third-order valence-corrected chi connectivity index (χ3v) is 7.32. The fraction of sp³-hybridized carbons (Fsp3) is 0.682. The fourth-order valence-electron chi connectivity index (χ4n) is 6.41. The van der Waals surface area contributed by atoms with E-state index in [1.54, 1.807) is 6.07 Å². The Morgan fingerprint density at radius 2 is 1.73 bits per heavy atom. The third kappa shape index (κ3) is 3.01. The second-order valence-corrected chi connectivity index (χ2v) is 9.66. The average Bonchev–Trinajstić information content (AvgIpc) is 3.37. The second kappa shape index (κ2) is 5.97. The van der Waals surface area contributed by atoms with Crippen molar-refractivity contribution < 1.29 is 13.9 Å². The number of hydrogen-bond acceptors (Lipinski definition) is 2. The number of nitrogens with two attached hydrogens (primary N) is 1. The number of amides is 1. The summed E-state index contributed by atoms with van der Waals surface area (Å²) in [5, 5.41) is 0. The van der Waals surface area contributed by atoms with Crippen molar-refractivity contribution >= 4 is 5.91 Å². The summed E-state index contributed by atoms with van der Waals surface area (Å²) in [6.45, 7) is 0.698. The van der Waals surface area contributed by atoms with Crippen molar-refractivity contribution in [2.45, 2.75) is 57.8 Å². The number of ether oxygens (including phenoxy) is 1. The van der Waals surface area contributed by atoms with Crippen molar-refractivity contribution in [3.05, 3.63) is 29.1 Å². The van der Waals surface area contributed by atoms with Crippen LogP contribution >= 0.6 is 0 Å². The average molecular weight is 357 g/mol. The normalized spacial score (nSPS) is 34.9. The Kier molecular flexibility index (Phi) is 3.81. The first-order chi connectivity index (χ1) is 12.5. The van der Waals surface area contributed by atoms with Crippen molar-refractivity contribution in [3.63, 3.8) is 0 Å². The van der Waals surface area contributed by atoms with Crippen molar-refractivity contribution in [3.8, 4) is 5.75 Å². The van der Waals surface area contributed by atoms with Crippen molar-refractivity contribution in [1.82, 2.24) is 0 Å². The van der Waals surface area contributed by atoms with Gasteiger partial charge in [-0.25, -0.2) is 4.39 Å². The van der Waals surface area contributed by atoms with Crippen LogP contribution in [0.15, 0.2) is 12.1 Å². The lowest BCUT2D eigenvalue weighted by molar-refractivity contribution is -0.0747. The summed E-state index contributed by atoms with van der Waals surface area (Å²) < 4.78 is 20.6. The van der Waals surface area contributed by atoms with Gasteiger partial charge in [-0.05, 0) is 93.1 Å². The molecule has 1 amide bonds. The number of carbonyl (C=O) groups excluding carboxylic acids is 1. The van der Waals surface area contributed by atoms with Gasteiger partial charge in [0.25, 0.3) is 5.91 Å². The van der Waals surface area contributed by atoms with E-state index in [-0.39, 0.29) is 5.56 Å². The molecule has 0 heterocycles. The topological polar surface area (TPSA) is 52.3 Å². The van der Waals surface area contributed by atoms with Gasteiger partial charge >= 0.3 is 0 Å². The number of halogens is 1. The molecule has 5 aliphatic carbocycles. The molecule has 0 radical (unpaired) electrons. The third-order valence-electron chi connectivity index (χ3n) is 7.32. The predicted octanol–water partition coefficient (Wildman–Crippen LogP) is 4.47. The molecule has 26 heavy (non-hydrogen) atoms. The molecule has 4 heteroatoms. The molecule has 3 nitrogen and oxygen atoms in total. The number of benzene rings is 1. The Balaban J connectivity index is 1.37. The Bertz CT molecular complexity index is 705. The van der Waals surface area contributed by atoms with Gasteiger partial charge in [0.2, 0.25) is 0 Å². The maximum atomic E-state index is 14.3. The Morgan fingerprint density at radius 3 is 2.27 bits per heavy atom. The van der Waals surface area contributed by atoms with Crippen LogP contribution in [0.2, 0.25) is 0 Å². The SMILES string of the molecule is NC(=O)c1cc(CC2CC2)c(OCC23CC4CC(CC(C4)C2)C3)cc1F. The van der Waals surface area contributed by atoms with E-state index in [0.29, 0.717) is 23.7 Å². The fourth-order valence-corrected chi connectivity index (χ4v) is 6.41. The summed E-state index contributed by atoms with van der Waals surface area (Å²) in [6, 6.07) is 3.03. The van der Waals surface area contributed by atoms with E-state index in [0.717, 1.165) is 29.7 Å². The maximum absolute atomic E-state index is 14.3. The Morgan fingerprint density at radius 1 is 1.12 bits per heavy atom. The zero-order valence-corrected chi connectivity index (χ0v) is 15.3. The largest absolute Gasteiger partial charge is 0.493 e. The van der Waals surface area contributed by atoms with Gasteiger partial charge in [-0.1, -0.05) is 0 Å². The van der Waals surface area contributed by atoms with Gasteiger partial charge in [0.1, 0.15) is 11.6 Å². The van der Waals surface area contributed by atoms with Crippen LogP contribution < -0.4 is 10.5 Å². The highest BCUT2D eigenvalue weighted by molar-refractivity contribution is 5.93. The number of rotatable bonds is 6. The van der Waals surface area contributed by atoms with Gasteiger partial charge in [0.05, 0.1) is 12.2 Å². The van der Waals surface area contributed by atoms with Crippen molar-refractivity contribution in [2.75, 3.05) is 6.61 Å². The highest BCUT2D eigenvalue weighted by Gasteiger charge is 2.51. The van der Waals surface area contributed by atoms with Gasteiger partial charge in [0.15, 0.2) is 0 Å². The molecule has 0 aromatic heterocycles. The lowest BCUT2D eigenvalue weighted by atomic mass is 9.50. The Labute approximate surface area is 154 Å². The summed E-state index contributed by atoms with van der Waals surface area (Å²) in [5.41, 5.74) is 6.57. The molecule has 5 saturated carbocycles. The predicted molar refractivity (Wildman–Crippen MR) is 97.4 cm³/mol. The minimum absolute atomic E-state index is 0.0113. The molecule has 4 bridgehead atoms. The van der Waals surface area contributed by atoms with Crippen LogP contribution in [0.5, 0.6) is 5.75 Å². The molecule has 140 valence electrons.